The number of methoxy groups -OCH3 is 1. The molecule has 3 N–H and O–H groups in total. The molecular formula is C18H22N2O3. The van der Waals surface area contributed by atoms with Crippen LogP contribution in [0.1, 0.15) is 18.0 Å². The van der Waals surface area contributed by atoms with Gasteiger partial charge in [-0.1, -0.05) is 36.4 Å². The van der Waals surface area contributed by atoms with Crippen LogP contribution in [-0.2, 0) is 9.53 Å². The largest absolute Gasteiger partial charge is 0.491 e. The topological polar surface area (TPSA) is 73.6 Å². The lowest BCUT2D eigenvalue weighted by atomic mass is 10.0. The highest BCUT2D eigenvalue weighted by atomic mass is 16.5. The van der Waals surface area contributed by atoms with Crippen molar-refractivity contribution in [3.05, 3.63) is 60.2 Å². The number of nitrogens with two attached hydrogens (primary N) is 1. The third kappa shape index (κ3) is 5.73. The zero-order valence-corrected chi connectivity index (χ0v) is 13.2. The third-order valence-corrected chi connectivity index (χ3v) is 3.31. The summed E-state index contributed by atoms with van der Waals surface area (Å²) < 4.78 is 10.5. The van der Waals surface area contributed by atoms with E-state index in [-0.39, 0.29) is 18.4 Å². The van der Waals surface area contributed by atoms with Crippen LogP contribution in [0.4, 0.5) is 5.69 Å². The second-order valence-corrected chi connectivity index (χ2v) is 5.14. The molecule has 0 aliphatic rings. The number of ether oxygens (including phenoxy) is 2. The smallest absolute Gasteiger partial charge is 0.226 e. The van der Waals surface area contributed by atoms with E-state index in [2.05, 4.69) is 5.32 Å². The van der Waals surface area contributed by atoms with Crippen molar-refractivity contribution < 1.29 is 14.3 Å². The fourth-order valence-electron chi connectivity index (χ4n) is 2.14. The van der Waals surface area contributed by atoms with E-state index in [0.717, 1.165) is 5.56 Å². The number of hydrogen-bond acceptors (Lipinski definition) is 4. The van der Waals surface area contributed by atoms with Crippen molar-refractivity contribution in [2.75, 3.05) is 25.6 Å². The molecule has 0 saturated carbocycles. The first-order chi connectivity index (χ1) is 11.2. The van der Waals surface area contributed by atoms with Gasteiger partial charge in [-0.05, 0) is 17.7 Å². The van der Waals surface area contributed by atoms with Crippen LogP contribution in [-0.4, -0.2) is 26.2 Å². The molecule has 0 aromatic heterocycles. The molecule has 122 valence electrons. The summed E-state index contributed by atoms with van der Waals surface area (Å²) in [6.07, 6.45) is 0.221. The Hall–Kier alpha value is -2.37. The Morgan fingerprint density at radius 2 is 1.91 bits per heavy atom. The first kappa shape index (κ1) is 17.0. The van der Waals surface area contributed by atoms with Crippen LogP contribution in [0.25, 0.3) is 0 Å². The second kappa shape index (κ2) is 8.92. The fraction of sp³-hybridized carbons (Fsp3) is 0.278. The van der Waals surface area contributed by atoms with E-state index in [1.165, 1.54) is 0 Å². The predicted molar refractivity (Wildman–Crippen MR) is 90.4 cm³/mol. The summed E-state index contributed by atoms with van der Waals surface area (Å²) in [6.45, 7) is 0.981. The predicted octanol–water partition coefficient (Wildman–Crippen LogP) is 2.74. The standard InChI is InChI=1S/C18H22N2O3/c1-22-10-11-23-16-9-5-8-15(12-16)20-18(21)13-17(19)14-6-3-2-4-7-14/h2-9,12,17H,10-11,13,19H2,1H3,(H,20,21). The Labute approximate surface area is 136 Å². The monoisotopic (exact) mass is 314 g/mol. The molecule has 1 amide bonds. The Morgan fingerprint density at radius 3 is 2.65 bits per heavy atom. The van der Waals surface area contributed by atoms with Crippen LogP contribution in [0, 0.1) is 0 Å². The zero-order valence-electron chi connectivity index (χ0n) is 13.2. The van der Waals surface area contributed by atoms with Crippen molar-refractivity contribution >= 4 is 11.6 Å². The SMILES string of the molecule is COCCOc1cccc(NC(=O)CC(N)c2ccccc2)c1. The van der Waals surface area contributed by atoms with Gasteiger partial charge in [-0.2, -0.15) is 0 Å². The molecule has 23 heavy (non-hydrogen) atoms. The average molecular weight is 314 g/mol. The second-order valence-electron chi connectivity index (χ2n) is 5.14. The van der Waals surface area contributed by atoms with E-state index in [4.69, 9.17) is 15.2 Å². The van der Waals surface area contributed by atoms with E-state index in [1.54, 1.807) is 13.2 Å². The van der Waals surface area contributed by atoms with Crippen molar-refractivity contribution in [3.63, 3.8) is 0 Å². The Bertz CT molecular complexity index is 617. The summed E-state index contributed by atoms with van der Waals surface area (Å²) in [5.74, 6) is 0.558. The maximum Gasteiger partial charge on any atom is 0.226 e. The van der Waals surface area contributed by atoms with Crippen molar-refractivity contribution in [2.45, 2.75) is 12.5 Å². The molecule has 0 aliphatic carbocycles. The number of anilines is 1. The number of nitrogens with one attached hydrogen (secondary N) is 1. The summed E-state index contributed by atoms with van der Waals surface area (Å²) in [6, 6.07) is 16.5. The molecule has 0 heterocycles. The summed E-state index contributed by atoms with van der Waals surface area (Å²) in [7, 11) is 1.62. The molecule has 0 saturated heterocycles. The third-order valence-electron chi connectivity index (χ3n) is 3.31. The zero-order chi connectivity index (χ0) is 16.5. The molecule has 1 unspecified atom stereocenters. The average Bonchev–Trinajstić information content (AvgIpc) is 2.56. The Kier molecular flexibility index (Phi) is 6.59. The lowest BCUT2D eigenvalue weighted by Gasteiger charge is -2.13. The fourth-order valence-corrected chi connectivity index (χ4v) is 2.14. The highest BCUT2D eigenvalue weighted by molar-refractivity contribution is 5.91. The minimum Gasteiger partial charge on any atom is -0.491 e. The van der Waals surface area contributed by atoms with Gasteiger partial charge in [0, 0.05) is 31.3 Å². The lowest BCUT2D eigenvalue weighted by molar-refractivity contribution is -0.116. The van der Waals surface area contributed by atoms with Crippen LogP contribution < -0.4 is 15.8 Å². The van der Waals surface area contributed by atoms with Gasteiger partial charge < -0.3 is 20.5 Å². The molecular weight excluding hydrogens is 292 g/mol. The van der Waals surface area contributed by atoms with Crippen LogP contribution in [0.3, 0.4) is 0 Å². The van der Waals surface area contributed by atoms with Gasteiger partial charge in [0.15, 0.2) is 0 Å². The minimum absolute atomic E-state index is 0.129. The molecule has 0 bridgehead atoms. The number of carbonyl (C=O) groups is 1. The van der Waals surface area contributed by atoms with Gasteiger partial charge in [0.05, 0.1) is 6.61 Å². The molecule has 5 nitrogen and oxygen atoms in total. The van der Waals surface area contributed by atoms with Crippen molar-refractivity contribution in [3.8, 4) is 5.75 Å². The van der Waals surface area contributed by atoms with Gasteiger partial charge >= 0.3 is 0 Å². The molecule has 2 rings (SSSR count). The molecule has 5 heteroatoms. The maximum absolute atomic E-state index is 12.1. The Balaban J connectivity index is 1.88. The van der Waals surface area contributed by atoms with Crippen molar-refractivity contribution in [1.82, 2.24) is 0 Å². The summed E-state index contributed by atoms with van der Waals surface area (Å²) in [5.41, 5.74) is 7.69. The highest BCUT2D eigenvalue weighted by Crippen LogP contribution is 2.19. The molecule has 2 aromatic carbocycles. The number of carbonyl (C=O) groups excluding carboxylic acids is 1. The van der Waals surface area contributed by atoms with Crippen LogP contribution in [0.15, 0.2) is 54.6 Å². The first-order valence-electron chi connectivity index (χ1n) is 7.51. The van der Waals surface area contributed by atoms with Gasteiger partial charge in [-0.15, -0.1) is 0 Å². The van der Waals surface area contributed by atoms with Gasteiger partial charge in [-0.25, -0.2) is 0 Å². The quantitative estimate of drug-likeness (QED) is 0.735. The lowest BCUT2D eigenvalue weighted by Crippen LogP contribution is -2.20. The molecule has 0 radical (unpaired) electrons. The molecule has 0 aliphatic heterocycles. The van der Waals surface area contributed by atoms with Gasteiger partial charge in [-0.3, -0.25) is 4.79 Å². The molecule has 1 atom stereocenters. The summed E-state index contributed by atoms with van der Waals surface area (Å²) in [4.78, 5) is 12.1. The number of benzene rings is 2. The van der Waals surface area contributed by atoms with E-state index in [0.29, 0.717) is 24.7 Å². The summed E-state index contributed by atoms with van der Waals surface area (Å²) in [5, 5.41) is 2.84. The van der Waals surface area contributed by atoms with Gasteiger partial charge in [0.1, 0.15) is 12.4 Å². The van der Waals surface area contributed by atoms with Crippen molar-refractivity contribution in [2.24, 2.45) is 5.73 Å². The number of hydrogen-bond donors (Lipinski definition) is 2. The van der Waals surface area contributed by atoms with Crippen LogP contribution in [0.2, 0.25) is 0 Å². The van der Waals surface area contributed by atoms with E-state index < -0.39 is 0 Å². The Morgan fingerprint density at radius 1 is 1.13 bits per heavy atom. The number of rotatable bonds is 8. The molecule has 2 aromatic rings. The highest BCUT2D eigenvalue weighted by Gasteiger charge is 2.11. The van der Waals surface area contributed by atoms with Gasteiger partial charge in [0.2, 0.25) is 5.91 Å². The van der Waals surface area contributed by atoms with E-state index >= 15 is 0 Å². The van der Waals surface area contributed by atoms with Gasteiger partial charge in [0.25, 0.3) is 0 Å². The minimum atomic E-state index is -0.322. The number of amides is 1. The molecule has 0 spiro atoms. The van der Waals surface area contributed by atoms with Crippen LogP contribution in [0.5, 0.6) is 5.75 Å². The van der Waals surface area contributed by atoms with E-state index in [1.807, 2.05) is 48.5 Å². The maximum atomic E-state index is 12.1. The van der Waals surface area contributed by atoms with Crippen LogP contribution >= 0.6 is 0 Å². The first-order valence-corrected chi connectivity index (χ1v) is 7.51. The summed E-state index contributed by atoms with van der Waals surface area (Å²) >= 11 is 0. The normalized spacial score (nSPS) is 11.7. The molecule has 0 fully saturated rings. The van der Waals surface area contributed by atoms with E-state index in [9.17, 15) is 4.79 Å². The van der Waals surface area contributed by atoms with Crippen molar-refractivity contribution in [1.29, 1.82) is 0 Å².